The van der Waals surface area contributed by atoms with Crippen LogP contribution >= 0.6 is 0 Å². The highest BCUT2D eigenvalue weighted by atomic mass is 16.2. The molecular weight excluding hydrogens is 400 g/mol. The molecule has 0 unspecified atom stereocenters. The molecule has 0 radical (unpaired) electrons. The molecule has 0 atom stereocenters. The number of nitrogens with zero attached hydrogens (tertiary/aromatic N) is 4. The summed E-state index contributed by atoms with van der Waals surface area (Å²) in [4.78, 5) is 29.4. The molecule has 0 bridgehead atoms. The number of carbonyl (C=O) groups is 2. The van der Waals surface area contributed by atoms with E-state index in [1.54, 1.807) is 0 Å². The number of rotatable bonds is 4. The Hall–Kier alpha value is -3.41. The quantitative estimate of drug-likeness (QED) is 0.640. The number of hydrogen-bond donors (Lipinski definition) is 0. The van der Waals surface area contributed by atoms with Crippen LogP contribution < -0.4 is 0 Å². The highest BCUT2D eigenvalue weighted by molar-refractivity contribution is 5.92. The molecule has 2 aromatic carbocycles. The summed E-state index contributed by atoms with van der Waals surface area (Å²) in [6, 6.07) is 20.4. The summed E-state index contributed by atoms with van der Waals surface area (Å²) in [7, 11) is 0. The van der Waals surface area contributed by atoms with Crippen molar-refractivity contribution in [1.82, 2.24) is 19.6 Å². The summed E-state index contributed by atoms with van der Waals surface area (Å²) in [5, 5.41) is 4.51. The molecule has 2 amide bonds. The molecule has 6 nitrogen and oxygen atoms in total. The van der Waals surface area contributed by atoms with Gasteiger partial charge in [0.2, 0.25) is 5.91 Å². The van der Waals surface area contributed by atoms with E-state index < -0.39 is 0 Å². The summed E-state index contributed by atoms with van der Waals surface area (Å²) < 4.78 is 1.97. The Balaban J connectivity index is 1.15. The molecule has 0 saturated carbocycles. The molecule has 1 fully saturated rings. The maximum atomic E-state index is 12.9. The molecule has 1 saturated heterocycles. The van der Waals surface area contributed by atoms with Gasteiger partial charge < -0.3 is 9.80 Å². The first-order valence-corrected chi connectivity index (χ1v) is 11.5. The first kappa shape index (κ1) is 20.5. The van der Waals surface area contributed by atoms with Gasteiger partial charge in [0.1, 0.15) is 0 Å². The summed E-state index contributed by atoms with van der Waals surface area (Å²) >= 11 is 0. The molecule has 2 aliphatic heterocycles. The standard InChI is InChI=1S/C26H28N4O2/c31-25(18-20-9-11-22(12-10-20)21-6-2-1-3-7-21)28-14-16-29(17-15-28)26(32)24-19-23-8-4-5-13-30(23)27-24/h1-3,6-7,9-12,19H,4-5,8,13-18H2. The zero-order valence-electron chi connectivity index (χ0n) is 18.2. The zero-order chi connectivity index (χ0) is 21.9. The van der Waals surface area contributed by atoms with Crippen LogP contribution in [0.3, 0.4) is 0 Å². The Morgan fingerprint density at radius 1 is 0.781 bits per heavy atom. The monoisotopic (exact) mass is 428 g/mol. The number of fused-ring (bicyclic) bond motifs is 1. The fourth-order valence-electron chi connectivity index (χ4n) is 4.58. The van der Waals surface area contributed by atoms with E-state index >= 15 is 0 Å². The Kier molecular flexibility index (Phi) is 5.75. The van der Waals surface area contributed by atoms with Crippen molar-refractivity contribution in [3.05, 3.63) is 77.6 Å². The molecule has 32 heavy (non-hydrogen) atoms. The second kappa shape index (κ2) is 8.99. The summed E-state index contributed by atoms with van der Waals surface area (Å²) in [6.45, 7) is 3.15. The summed E-state index contributed by atoms with van der Waals surface area (Å²) in [5.41, 5.74) is 5.03. The molecular formula is C26H28N4O2. The van der Waals surface area contributed by atoms with Crippen LogP contribution in [0, 0.1) is 0 Å². The van der Waals surface area contributed by atoms with Crippen LogP contribution in [0.15, 0.2) is 60.7 Å². The molecule has 0 N–H and O–H groups in total. The average Bonchev–Trinajstić information content (AvgIpc) is 3.29. The lowest BCUT2D eigenvalue weighted by molar-refractivity contribution is -0.131. The topological polar surface area (TPSA) is 58.4 Å². The minimum atomic E-state index is -0.0181. The molecule has 3 aromatic rings. The van der Waals surface area contributed by atoms with Gasteiger partial charge in [0.05, 0.1) is 6.42 Å². The number of aromatic nitrogens is 2. The van der Waals surface area contributed by atoms with Crippen LogP contribution in [0.25, 0.3) is 11.1 Å². The van der Waals surface area contributed by atoms with E-state index in [0.717, 1.165) is 42.6 Å². The molecule has 164 valence electrons. The first-order chi connectivity index (χ1) is 15.7. The SMILES string of the molecule is O=C(Cc1ccc(-c2ccccc2)cc1)N1CCN(C(=O)c2cc3n(n2)CCCC3)CC1. The lowest BCUT2D eigenvalue weighted by Crippen LogP contribution is -2.51. The zero-order valence-corrected chi connectivity index (χ0v) is 18.2. The highest BCUT2D eigenvalue weighted by Gasteiger charge is 2.27. The summed E-state index contributed by atoms with van der Waals surface area (Å²) in [5.74, 6) is 0.0949. The van der Waals surface area contributed by atoms with Crippen LogP contribution in [0.2, 0.25) is 0 Å². The molecule has 1 aromatic heterocycles. The van der Waals surface area contributed by atoms with Crippen molar-refractivity contribution in [3.63, 3.8) is 0 Å². The Morgan fingerprint density at radius 3 is 2.19 bits per heavy atom. The highest BCUT2D eigenvalue weighted by Crippen LogP contribution is 2.20. The largest absolute Gasteiger partial charge is 0.339 e. The van der Waals surface area contributed by atoms with Crippen molar-refractivity contribution in [2.45, 2.75) is 32.2 Å². The van der Waals surface area contributed by atoms with Crippen molar-refractivity contribution in [2.75, 3.05) is 26.2 Å². The molecule has 3 heterocycles. The third-order valence-corrected chi connectivity index (χ3v) is 6.47. The lowest BCUT2D eigenvalue weighted by Gasteiger charge is -2.34. The fourth-order valence-corrected chi connectivity index (χ4v) is 4.58. The van der Waals surface area contributed by atoms with E-state index in [0.29, 0.717) is 38.3 Å². The Morgan fingerprint density at radius 2 is 1.47 bits per heavy atom. The van der Waals surface area contributed by atoms with E-state index in [4.69, 9.17) is 0 Å². The van der Waals surface area contributed by atoms with Crippen LogP contribution in [-0.2, 0) is 24.2 Å². The van der Waals surface area contributed by atoms with Gasteiger partial charge in [0, 0.05) is 38.4 Å². The predicted octanol–water partition coefficient (Wildman–Crippen LogP) is 3.41. The van der Waals surface area contributed by atoms with Gasteiger partial charge >= 0.3 is 0 Å². The maximum Gasteiger partial charge on any atom is 0.274 e. The summed E-state index contributed by atoms with van der Waals surface area (Å²) in [6.07, 6.45) is 3.67. The van der Waals surface area contributed by atoms with Crippen LogP contribution in [0.4, 0.5) is 0 Å². The van der Waals surface area contributed by atoms with Gasteiger partial charge in [-0.3, -0.25) is 14.3 Å². The van der Waals surface area contributed by atoms with Gasteiger partial charge in [-0.05, 0) is 42.0 Å². The van der Waals surface area contributed by atoms with E-state index in [-0.39, 0.29) is 11.8 Å². The minimum Gasteiger partial charge on any atom is -0.339 e. The lowest BCUT2D eigenvalue weighted by atomic mass is 10.0. The van der Waals surface area contributed by atoms with E-state index in [1.165, 1.54) is 5.56 Å². The van der Waals surface area contributed by atoms with Crippen molar-refractivity contribution in [2.24, 2.45) is 0 Å². The van der Waals surface area contributed by atoms with Crippen LogP contribution in [0.5, 0.6) is 0 Å². The smallest absolute Gasteiger partial charge is 0.274 e. The van der Waals surface area contributed by atoms with Gasteiger partial charge in [0.25, 0.3) is 5.91 Å². The van der Waals surface area contributed by atoms with E-state index in [2.05, 4.69) is 29.4 Å². The normalized spacial score (nSPS) is 16.0. The van der Waals surface area contributed by atoms with Crippen molar-refractivity contribution in [1.29, 1.82) is 0 Å². The molecule has 2 aliphatic rings. The van der Waals surface area contributed by atoms with Gasteiger partial charge in [-0.2, -0.15) is 5.10 Å². The van der Waals surface area contributed by atoms with Gasteiger partial charge in [0.15, 0.2) is 5.69 Å². The van der Waals surface area contributed by atoms with Gasteiger partial charge in [-0.15, -0.1) is 0 Å². The molecule has 6 heteroatoms. The fraction of sp³-hybridized carbons (Fsp3) is 0.346. The average molecular weight is 429 g/mol. The predicted molar refractivity (Wildman–Crippen MR) is 123 cm³/mol. The Bertz CT molecular complexity index is 1070. The number of hydrogen-bond acceptors (Lipinski definition) is 3. The van der Waals surface area contributed by atoms with Gasteiger partial charge in [-0.1, -0.05) is 54.6 Å². The molecule has 0 spiro atoms. The maximum absolute atomic E-state index is 12.9. The third kappa shape index (κ3) is 4.31. The number of carbonyl (C=O) groups excluding carboxylic acids is 2. The second-order valence-corrected chi connectivity index (χ2v) is 8.61. The van der Waals surface area contributed by atoms with Crippen LogP contribution in [-0.4, -0.2) is 57.6 Å². The molecule has 0 aliphatic carbocycles. The number of aryl methyl sites for hydroxylation is 2. The number of amides is 2. The molecule has 5 rings (SSSR count). The van der Waals surface area contributed by atoms with Crippen LogP contribution in [0.1, 0.15) is 34.6 Å². The number of benzene rings is 2. The number of piperazine rings is 1. The van der Waals surface area contributed by atoms with Crippen molar-refractivity contribution in [3.8, 4) is 11.1 Å². The van der Waals surface area contributed by atoms with Gasteiger partial charge in [-0.25, -0.2) is 0 Å². The minimum absolute atomic E-state index is 0.0181. The van der Waals surface area contributed by atoms with E-state index in [9.17, 15) is 9.59 Å². The van der Waals surface area contributed by atoms with Crippen molar-refractivity contribution >= 4 is 11.8 Å². The second-order valence-electron chi connectivity index (χ2n) is 8.61. The Labute approximate surface area is 188 Å². The first-order valence-electron chi connectivity index (χ1n) is 11.5. The van der Waals surface area contributed by atoms with E-state index in [1.807, 2.05) is 50.9 Å². The third-order valence-electron chi connectivity index (χ3n) is 6.47. The van der Waals surface area contributed by atoms with Crippen molar-refractivity contribution < 1.29 is 9.59 Å².